The number of rotatable bonds is 2. The third-order valence-electron chi connectivity index (χ3n) is 2.88. The third kappa shape index (κ3) is 1.58. The lowest BCUT2D eigenvalue weighted by atomic mass is 9.99. The molecule has 0 fully saturated rings. The number of benzene rings is 2. The Morgan fingerprint density at radius 2 is 1.53 bits per heavy atom. The fourth-order valence-corrected chi connectivity index (χ4v) is 2.11. The van der Waals surface area contributed by atoms with Crippen molar-refractivity contribution in [1.82, 2.24) is 0 Å². The number of nitrogens with zero attached hydrogens (tertiary/aromatic N) is 1. The summed E-state index contributed by atoms with van der Waals surface area (Å²) in [6.45, 7) is 1.87. The van der Waals surface area contributed by atoms with Gasteiger partial charge in [0.1, 0.15) is 23.1 Å². The lowest BCUT2D eigenvalue weighted by Gasteiger charge is -2.14. The van der Waals surface area contributed by atoms with Gasteiger partial charge in [0, 0.05) is 16.3 Å². The number of ether oxygens (including phenoxy) is 2. The van der Waals surface area contributed by atoms with Gasteiger partial charge in [-0.1, -0.05) is 24.3 Å². The van der Waals surface area contributed by atoms with Gasteiger partial charge >= 0.3 is 0 Å². The fourth-order valence-electron chi connectivity index (χ4n) is 2.11. The van der Waals surface area contributed by atoms with E-state index in [0.717, 1.165) is 22.1 Å². The van der Waals surface area contributed by atoms with Crippen LogP contribution >= 0.6 is 0 Å². The minimum atomic E-state index is 0.531. The zero-order valence-corrected chi connectivity index (χ0v) is 10.1. The summed E-state index contributed by atoms with van der Waals surface area (Å²) in [6, 6.07) is 9.93. The SMILES string of the molecule is COc1c(C)c(C#N)c(OC)c2ccccc12. The highest BCUT2D eigenvalue weighted by Crippen LogP contribution is 2.39. The van der Waals surface area contributed by atoms with Crippen molar-refractivity contribution in [2.45, 2.75) is 6.92 Å². The molecule has 0 aliphatic heterocycles. The van der Waals surface area contributed by atoms with Crippen LogP contribution in [0.15, 0.2) is 24.3 Å². The summed E-state index contributed by atoms with van der Waals surface area (Å²) >= 11 is 0. The molecule has 2 aromatic rings. The lowest BCUT2D eigenvalue weighted by Crippen LogP contribution is -1.97. The molecule has 2 rings (SSSR count). The summed E-state index contributed by atoms with van der Waals surface area (Å²) in [5, 5.41) is 11.1. The van der Waals surface area contributed by atoms with Crippen LogP contribution in [0, 0.1) is 18.3 Å². The highest BCUT2D eigenvalue weighted by atomic mass is 16.5. The molecule has 0 aromatic heterocycles. The minimum Gasteiger partial charge on any atom is -0.496 e. The van der Waals surface area contributed by atoms with Gasteiger partial charge in [0.15, 0.2) is 0 Å². The Morgan fingerprint density at radius 3 is 2.00 bits per heavy atom. The van der Waals surface area contributed by atoms with E-state index < -0.39 is 0 Å². The summed E-state index contributed by atoms with van der Waals surface area (Å²) in [6.07, 6.45) is 0. The first-order chi connectivity index (χ1) is 8.24. The van der Waals surface area contributed by atoms with E-state index in [1.54, 1.807) is 14.2 Å². The molecule has 0 bridgehead atoms. The number of methoxy groups -OCH3 is 2. The second-order valence-electron chi connectivity index (χ2n) is 3.72. The van der Waals surface area contributed by atoms with Crippen molar-refractivity contribution < 1.29 is 9.47 Å². The van der Waals surface area contributed by atoms with E-state index in [-0.39, 0.29) is 0 Å². The Bertz CT molecular complexity index is 612. The molecule has 17 heavy (non-hydrogen) atoms. The van der Waals surface area contributed by atoms with Gasteiger partial charge in [-0.2, -0.15) is 5.26 Å². The highest BCUT2D eigenvalue weighted by molar-refractivity contribution is 5.96. The maximum atomic E-state index is 9.22. The molecule has 0 aliphatic rings. The van der Waals surface area contributed by atoms with Gasteiger partial charge in [0.05, 0.1) is 14.2 Å². The molecule has 0 atom stereocenters. The average molecular weight is 227 g/mol. The monoisotopic (exact) mass is 227 g/mol. The second kappa shape index (κ2) is 4.34. The van der Waals surface area contributed by atoms with Gasteiger partial charge in [-0.25, -0.2) is 0 Å². The quantitative estimate of drug-likeness (QED) is 0.791. The molecule has 2 aromatic carbocycles. The van der Waals surface area contributed by atoms with E-state index in [1.807, 2.05) is 31.2 Å². The van der Waals surface area contributed by atoms with Gasteiger partial charge in [-0.15, -0.1) is 0 Å². The standard InChI is InChI=1S/C14H13NO2/c1-9-12(8-15)14(17-3)11-7-5-4-6-10(11)13(9)16-2/h4-7H,1-3H3. The van der Waals surface area contributed by atoms with Crippen molar-refractivity contribution in [3.8, 4) is 17.6 Å². The summed E-state index contributed by atoms with van der Waals surface area (Å²) in [5.74, 6) is 1.35. The number of nitriles is 1. The molecular weight excluding hydrogens is 214 g/mol. The van der Waals surface area contributed by atoms with Crippen LogP contribution in [0.5, 0.6) is 11.5 Å². The van der Waals surface area contributed by atoms with Crippen LogP contribution in [0.25, 0.3) is 10.8 Å². The zero-order valence-electron chi connectivity index (χ0n) is 10.1. The summed E-state index contributed by atoms with van der Waals surface area (Å²) < 4.78 is 10.7. The lowest BCUT2D eigenvalue weighted by molar-refractivity contribution is 0.407. The van der Waals surface area contributed by atoms with Gasteiger partial charge in [-0.05, 0) is 6.92 Å². The molecule has 0 heterocycles. The first-order valence-electron chi connectivity index (χ1n) is 5.28. The summed E-state index contributed by atoms with van der Waals surface area (Å²) in [5.41, 5.74) is 1.34. The molecule has 0 aliphatic carbocycles. The maximum Gasteiger partial charge on any atom is 0.144 e. The second-order valence-corrected chi connectivity index (χ2v) is 3.72. The van der Waals surface area contributed by atoms with Crippen LogP contribution in [-0.2, 0) is 0 Å². The zero-order chi connectivity index (χ0) is 12.4. The maximum absolute atomic E-state index is 9.22. The van der Waals surface area contributed by atoms with Crippen LogP contribution in [0.3, 0.4) is 0 Å². The van der Waals surface area contributed by atoms with Gasteiger partial charge < -0.3 is 9.47 Å². The van der Waals surface area contributed by atoms with Crippen LogP contribution in [0.1, 0.15) is 11.1 Å². The normalized spacial score (nSPS) is 10.0. The number of hydrogen-bond acceptors (Lipinski definition) is 3. The summed E-state index contributed by atoms with van der Waals surface area (Å²) in [7, 11) is 3.19. The van der Waals surface area contributed by atoms with Crippen molar-refractivity contribution >= 4 is 10.8 Å². The van der Waals surface area contributed by atoms with E-state index in [0.29, 0.717) is 11.3 Å². The largest absolute Gasteiger partial charge is 0.496 e. The van der Waals surface area contributed by atoms with Crippen LogP contribution in [0.2, 0.25) is 0 Å². The molecule has 0 spiro atoms. The highest BCUT2D eigenvalue weighted by Gasteiger charge is 2.17. The molecule has 86 valence electrons. The number of hydrogen-bond donors (Lipinski definition) is 0. The Kier molecular flexibility index (Phi) is 2.88. The van der Waals surface area contributed by atoms with Gasteiger partial charge in [0.2, 0.25) is 0 Å². The van der Waals surface area contributed by atoms with Crippen molar-refractivity contribution in [3.63, 3.8) is 0 Å². The molecule has 0 saturated heterocycles. The Hall–Kier alpha value is -2.21. The van der Waals surface area contributed by atoms with Crippen LogP contribution < -0.4 is 9.47 Å². The summed E-state index contributed by atoms with van der Waals surface area (Å²) in [4.78, 5) is 0. The van der Waals surface area contributed by atoms with E-state index in [2.05, 4.69) is 6.07 Å². The molecular formula is C14H13NO2. The average Bonchev–Trinajstić information content (AvgIpc) is 2.37. The molecule has 3 heteroatoms. The van der Waals surface area contributed by atoms with Crippen molar-refractivity contribution in [3.05, 3.63) is 35.4 Å². The molecule has 0 saturated carbocycles. The van der Waals surface area contributed by atoms with E-state index >= 15 is 0 Å². The Balaban J connectivity index is 3.00. The van der Waals surface area contributed by atoms with Gasteiger partial charge in [0.25, 0.3) is 0 Å². The smallest absolute Gasteiger partial charge is 0.144 e. The van der Waals surface area contributed by atoms with Crippen molar-refractivity contribution in [2.75, 3.05) is 14.2 Å². The predicted octanol–water partition coefficient (Wildman–Crippen LogP) is 3.04. The molecule has 0 amide bonds. The Labute approximate surface area is 100 Å². The third-order valence-corrected chi connectivity index (χ3v) is 2.88. The van der Waals surface area contributed by atoms with Crippen LogP contribution in [0.4, 0.5) is 0 Å². The van der Waals surface area contributed by atoms with E-state index in [4.69, 9.17) is 9.47 Å². The fraction of sp³-hybridized carbons (Fsp3) is 0.214. The molecule has 0 unspecified atom stereocenters. The minimum absolute atomic E-state index is 0.531. The Morgan fingerprint density at radius 1 is 1.00 bits per heavy atom. The first kappa shape index (κ1) is 11.3. The van der Waals surface area contributed by atoms with Gasteiger partial charge in [-0.3, -0.25) is 0 Å². The number of fused-ring (bicyclic) bond motifs is 1. The van der Waals surface area contributed by atoms with Crippen molar-refractivity contribution in [1.29, 1.82) is 5.26 Å². The molecule has 0 radical (unpaired) electrons. The topological polar surface area (TPSA) is 42.2 Å². The van der Waals surface area contributed by atoms with Crippen molar-refractivity contribution in [2.24, 2.45) is 0 Å². The van der Waals surface area contributed by atoms with E-state index in [1.165, 1.54) is 0 Å². The molecule has 0 N–H and O–H groups in total. The van der Waals surface area contributed by atoms with E-state index in [9.17, 15) is 5.26 Å². The first-order valence-corrected chi connectivity index (χ1v) is 5.28. The molecule has 3 nitrogen and oxygen atoms in total. The van der Waals surface area contributed by atoms with Crippen LogP contribution in [-0.4, -0.2) is 14.2 Å². The predicted molar refractivity (Wildman–Crippen MR) is 66.5 cm³/mol.